The summed E-state index contributed by atoms with van der Waals surface area (Å²) in [6, 6.07) is 0. The summed E-state index contributed by atoms with van der Waals surface area (Å²) in [5, 5.41) is 0. The van der Waals surface area contributed by atoms with E-state index >= 15 is 0 Å². The standard InChI is InChI=1S/C12H23F/c1-5-8-11(2)9-6-7-10-12(3,4)13/h8H,5-7,9-10H2,1-4H3/b11-8-. The van der Waals surface area contributed by atoms with Crippen molar-refractivity contribution in [1.29, 1.82) is 0 Å². The zero-order chi connectivity index (χ0) is 10.3. The summed E-state index contributed by atoms with van der Waals surface area (Å²) in [6.07, 6.45) is 7.30. The number of hydrogen-bond donors (Lipinski definition) is 0. The third kappa shape index (κ3) is 9.59. The first-order valence-corrected chi connectivity index (χ1v) is 5.30. The molecule has 78 valence electrons. The second-order valence-electron chi connectivity index (χ2n) is 4.38. The van der Waals surface area contributed by atoms with Crippen LogP contribution in [0.4, 0.5) is 4.39 Å². The van der Waals surface area contributed by atoms with E-state index in [0.29, 0.717) is 6.42 Å². The first-order chi connectivity index (χ1) is 5.95. The highest BCUT2D eigenvalue weighted by atomic mass is 19.1. The van der Waals surface area contributed by atoms with Crippen LogP contribution in [-0.2, 0) is 0 Å². The molecule has 0 amide bonds. The average molecular weight is 186 g/mol. The van der Waals surface area contributed by atoms with E-state index in [0.717, 1.165) is 25.7 Å². The van der Waals surface area contributed by atoms with Crippen LogP contribution in [0.25, 0.3) is 0 Å². The van der Waals surface area contributed by atoms with E-state index in [-0.39, 0.29) is 0 Å². The van der Waals surface area contributed by atoms with Crippen LogP contribution in [0.2, 0.25) is 0 Å². The van der Waals surface area contributed by atoms with Gasteiger partial charge in [0, 0.05) is 0 Å². The van der Waals surface area contributed by atoms with Gasteiger partial charge < -0.3 is 0 Å². The van der Waals surface area contributed by atoms with Gasteiger partial charge in [0.05, 0.1) is 0 Å². The van der Waals surface area contributed by atoms with E-state index in [9.17, 15) is 4.39 Å². The van der Waals surface area contributed by atoms with Crippen LogP contribution in [0.3, 0.4) is 0 Å². The molecule has 0 bridgehead atoms. The van der Waals surface area contributed by atoms with E-state index in [4.69, 9.17) is 0 Å². The molecule has 0 saturated heterocycles. The predicted octanol–water partition coefficient (Wildman–Crippen LogP) is 4.65. The third-order valence-corrected chi connectivity index (χ3v) is 2.14. The molecule has 0 atom stereocenters. The number of unbranched alkanes of at least 4 members (excludes halogenated alkanes) is 1. The maximum absolute atomic E-state index is 13.0. The fourth-order valence-corrected chi connectivity index (χ4v) is 1.40. The number of rotatable bonds is 6. The predicted molar refractivity (Wildman–Crippen MR) is 57.7 cm³/mol. The molecule has 0 radical (unpaired) electrons. The van der Waals surface area contributed by atoms with Crippen molar-refractivity contribution in [3.8, 4) is 0 Å². The lowest BCUT2D eigenvalue weighted by molar-refractivity contribution is 0.196. The fourth-order valence-electron chi connectivity index (χ4n) is 1.40. The van der Waals surface area contributed by atoms with Gasteiger partial charge in [-0.05, 0) is 52.9 Å². The molecule has 0 aliphatic carbocycles. The van der Waals surface area contributed by atoms with Crippen LogP contribution in [0, 0.1) is 0 Å². The minimum absolute atomic E-state index is 0.687. The molecule has 0 rings (SSSR count). The van der Waals surface area contributed by atoms with Crippen molar-refractivity contribution in [3.63, 3.8) is 0 Å². The largest absolute Gasteiger partial charge is 0.245 e. The molecule has 0 aliphatic rings. The minimum atomic E-state index is -0.984. The molecule has 0 nitrogen and oxygen atoms in total. The van der Waals surface area contributed by atoms with Gasteiger partial charge in [0.15, 0.2) is 0 Å². The number of allylic oxidation sites excluding steroid dienone is 2. The van der Waals surface area contributed by atoms with Gasteiger partial charge in [0.1, 0.15) is 5.67 Å². The van der Waals surface area contributed by atoms with Gasteiger partial charge in [-0.25, -0.2) is 4.39 Å². The SMILES string of the molecule is CC/C=C(/C)CCCCC(C)(C)F. The Balaban J connectivity index is 3.41. The monoisotopic (exact) mass is 186 g/mol. The van der Waals surface area contributed by atoms with Crippen LogP contribution in [-0.4, -0.2) is 5.67 Å². The Hall–Kier alpha value is -0.330. The summed E-state index contributed by atoms with van der Waals surface area (Å²) >= 11 is 0. The minimum Gasteiger partial charge on any atom is -0.245 e. The Morgan fingerprint density at radius 2 is 1.92 bits per heavy atom. The van der Waals surface area contributed by atoms with E-state index < -0.39 is 5.67 Å². The summed E-state index contributed by atoms with van der Waals surface area (Å²) in [6.45, 7) is 7.61. The maximum atomic E-state index is 13.0. The summed E-state index contributed by atoms with van der Waals surface area (Å²) in [5.41, 5.74) is 0.460. The molecular weight excluding hydrogens is 163 g/mol. The average Bonchev–Trinajstić information content (AvgIpc) is 1.97. The highest BCUT2D eigenvalue weighted by Crippen LogP contribution is 2.19. The molecule has 0 N–H and O–H groups in total. The van der Waals surface area contributed by atoms with Crippen LogP contribution in [0.1, 0.15) is 59.8 Å². The lowest BCUT2D eigenvalue weighted by atomic mass is 10.0. The maximum Gasteiger partial charge on any atom is 0.105 e. The normalized spacial score (nSPS) is 13.5. The molecule has 1 heteroatoms. The van der Waals surface area contributed by atoms with Crippen LogP contribution in [0.15, 0.2) is 11.6 Å². The molecule has 0 fully saturated rings. The van der Waals surface area contributed by atoms with Crippen molar-refractivity contribution in [3.05, 3.63) is 11.6 Å². The molecule has 0 spiro atoms. The second-order valence-corrected chi connectivity index (χ2v) is 4.38. The lowest BCUT2D eigenvalue weighted by Gasteiger charge is -2.13. The van der Waals surface area contributed by atoms with Gasteiger partial charge in [-0.15, -0.1) is 0 Å². The molecule has 0 aromatic rings. The van der Waals surface area contributed by atoms with E-state index in [1.165, 1.54) is 5.57 Å². The van der Waals surface area contributed by atoms with Gasteiger partial charge in [0.25, 0.3) is 0 Å². The van der Waals surface area contributed by atoms with Crippen LogP contribution in [0.5, 0.6) is 0 Å². The van der Waals surface area contributed by atoms with Crippen molar-refractivity contribution in [2.24, 2.45) is 0 Å². The Morgan fingerprint density at radius 3 is 2.38 bits per heavy atom. The van der Waals surface area contributed by atoms with E-state index in [1.807, 2.05) is 0 Å². The van der Waals surface area contributed by atoms with Gasteiger partial charge in [-0.2, -0.15) is 0 Å². The quantitative estimate of drug-likeness (QED) is 0.418. The van der Waals surface area contributed by atoms with Gasteiger partial charge >= 0.3 is 0 Å². The van der Waals surface area contributed by atoms with Crippen LogP contribution < -0.4 is 0 Å². The van der Waals surface area contributed by atoms with Gasteiger partial charge in [0.2, 0.25) is 0 Å². The van der Waals surface area contributed by atoms with Crippen molar-refractivity contribution in [2.45, 2.75) is 65.5 Å². The Morgan fingerprint density at radius 1 is 1.31 bits per heavy atom. The topological polar surface area (TPSA) is 0 Å². The molecule has 0 heterocycles. The summed E-state index contributed by atoms with van der Waals surface area (Å²) in [4.78, 5) is 0. The van der Waals surface area contributed by atoms with Crippen molar-refractivity contribution >= 4 is 0 Å². The molecule has 0 aromatic carbocycles. The Labute approximate surface area is 82.2 Å². The third-order valence-electron chi connectivity index (χ3n) is 2.14. The van der Waals surface area contributed by atoms with Crippen molar-refractivity contribution in [1.82, 2.24) is 0 Å². The smallest absolute Gasteiger partial charge is 0.105 e. The number of alkyl halides is 1. The summed E-state index contributed by atoms with van der Waals surface area (Å²) < 4.78 is 13.0. The molecule has 0 unspecified atom stereocenters. The lowest BCUT2D eigenvalue weighted by Crippen LogP contribution is -2.10. The van der Waals surface area contributed by atoms with Gasteiger partial charge in [-0.3, -0.25) is 0 Å². The zero-order valence-electron chi connectivity index (χ0n) is 9.49. The fraction of sp³-hybridized carbons (Fsp3) is 0.833. The number of halogens is 1. The molecule has 13 heavy (non-hydrogen) atoms. The molecule has 0 aromatic heterocycles. The Bertz CT molecular complexity index is 151. The first-order valence-electron chi connectivity index (χ1n) is 5.30. The molecule has 0 aliphatic heterocycles. The van der Waals surface area contributed by atoms with Crippen LogP contribution >= 0.6 is 0 Å². The molecular formula is C12H23F. The van der Waals surface area contributed by atoms with E-state index in [2.05, 4.69) is 19.9 Å². The van der Waals surface area contributed by atoms with Gasteiger partial charge in [-0.1, -0.05) is 18.6 Å². The highest BCUT2D eigenvalue weighted by molar-refractivity contribution is 4.96. The van der Waals surface area contributed by atoms with Crippen molar-refractivity contribution in [2.75, 3.05) is 0 Å². The Kier molecular flexibility index (Phi) is 6.02. The summed E-state index contributed by atoms with van der Waals surface area (Å²) in [5.74, 6) is 0. The molecule has 0 saturated carbocycles. The van der Waals surface area contributed by atoms with E-state index in [1.54, 1.807) is 13.8 Å². The second kappa shape index (κ2) is 6.17. The van der Waals surface area contributed by atoms with Crippen molar-refractivity contribution < 1.29 is 4.39 Å². The highest BCUT2D eigenvalue weighted by Gasteiger charge is 2.13. The zero-order valence-corrected chi connectivity index (χ0v) is 9.49. The summed E-state index contributed by atoms with van der Waals surface area (Å²) in [7, 11) is 0. The number of hydrogen-bond acceptors (Lipinski definition) is 0. The first kappa shape index (κ1) is 12.7.